The fourth-order valence-corrected chi connectivity index (χ4v) is 1.71. The van der Waals surface area contributed by atoms with Crippen LogP contribution in [0.25, 0.3) is 11.3 Å². The predicted octanol–water partition coefficient (Wildman–Crippen LogP) is 2.28. The van der Waals surface area contributed by atoms with Crippen molar-refractivity contribution in [2.24, 2.45) is 7.05 Å². The van der Waals surface area contributed by atoms with E-state index in [2.05, 4.69) is 5.10 Å². The van der Waals surface area contributed by atoms with E-state index < -0.39 is 11.9 Å². The second-order valence-electron chi connectivity index (χ2n) is 4.00. The van der Waals surface area contributed by atoms with Gasteiger partial charge in [-0.05, 0) is 18.6 Å². The SMILES string of the molecule is CC(C(=O)O)c1cc(-c2ccccc2)n(C)n1. The Morgan fingerprint density at radius 2 is 2.00 bits per heavy atom. The van der Waals surface area contributed by atoms with Gasteiger partial charge in [0.15, 0.2) is 0 Å². The van der Waals surface area contributed by atoms with Gasteiger partial charge in [-0.3, -0.25) is 9.48 Å². The maximum absolute atomic E-state index is 10.9. The number of aryl methyl sites for hydroxylation is 1. The van der Waals surface area contributed by atoms with E-state index >= 15 is 0 Å². The number of rotatable bonds is 3. The lowest BCUT2D eigenvalue weighted by molar-refractivity contribution is -0.138. The molecule has 0 spiro atoms. The van der Waals surface area contributed by atoms with E-state index in [1.165, 1.54) is 0 Å². The molecule has 0 aliphatic rings. The lowest BCUT2D eigenvalue weighted by Crippen LogP contribution is -2.08. The number of carbonyl (C=O) groups is 1. The highest BCUT2D eigenvalue weighted by atomic mass is 16.4. The summed E-state index contributed by atoms with van der Waals surface area (Å²) in [5.41, 5.74) is 2.54. The van der Waals surface area contributed by atoms with Gasteiger partial charge in [-0.25, -0.2) is 0 Å². The molecule has 1 unspecified atom stereocenters. The fraction of sp³-hybridized carbons (Fsp3) is 0.231. The average Bonchev–Trinajstić information content (AvgIpc) is 2.71. The molecular formula is C13H14N2O2. The van der Waals surface area contributed by atoms with E-state index in [1.54, 1.807) is 11.6 Å². The Bertz CT molecular complexity index is 532. The molecule has 2 rings (SSSR count). The first-order valence-electron chi connectivity index (χ1n) is 5.41. The lowest BCUT2D eigenvalue weighted by atomic mass is 10.1. The van der Waals surface area contributed by atoms with Gasteiger partial charge in [-0.15, -0.1) is 0 Å². The van der Waals surface area contributed by atoms with Crippen LogP contribution in [0.4, 0.5) is 0 Å². The summed E-state index contributed by atoms with van der Waals surface area (Å²) < 4.78 is 1.71. The molecule has 0 amide bonds. The molecule has 1 heterocycles. The summed E-state index contributed by atoms with van der Waals surface area (Å²) in [7, 11) is 1.82. The molecule has 1 aromatic carbocycles. The molecule has 1 atom stereocenters. The van der Waals surface area contributed by atoms with Crippen LogP contribution in [-0.4, -0.2) is 20.9 Å². The van der Waals surface area contributed by atoms with Gasteiger partial charge in [0, 0.05) is 7.05 Å². The Kier molecular flexibility index (Phi) is 2.95. The van der Waals surface area contributed by atoms with E-state index in [-0.39, 0.29) is 0 Å². The van der Waals surface area contributed by atoms with Crippen molar-refractivity contribution in [1.29, 1.82) is 0 Å². The Morgan fingerprint density at radius 3 is 2.59 bits per heavy atom. The number of benzene rings is 1. The van der Waals surface area contributed by atoms with Gasteiger partial charge in [0.2, 0.25) is 0 Å². The van der Waals surface area contributed by atoms with Gasteiger partial charge >= 0.3 is 5.97 Å². The number of aliphatic carboxylic acids is 1. The number of carboxylic acids is 1. The molecule has 0 bridgehead atoms. The summed E-state index contributed by atoms with van der Waals surface area (Å²) in [6.45, 7) is 1.64. The molecule has 0 aliphatic carbocycles. The molecule has 0 saturated carbocycles. The molecular weight excluding hydrogens is 216 g/mol. The summed E-state index contributed by atoms with van der Waals surface area (Å²) in [6, 6.07) is 11.6. The number of hydrogen-bond donors (Lipinski definition) is 1. The van der Waals surface area contributed by atoms with Crippen LogP contribution in [-0.2, 0) is 11.8 Å². The van der Waals surface area contributed by atoms with Gasteiger partial charge in [-0.2, -0.15) is 5.10 Å². The van der Waals surface area contributed by atoms with E-state index in [0.717, 1.165) is 11.3 Å². The van der Waals surface area contributed by atoms with Crippen LogP contribution in [0.1, 0.15) is 18.5 Å². The minimum absolute atomic E-state index is 0.582. The smallest absolute Gasteiger partial charge is 0.312 e. The molecule has 4 heteroatoms. The zero-order valence-corrected chi connectivity index (χ0v) is 9.79. The highest BCUT2D eigenvalue weighted by Crippen LogP contribution is 2.23. The van der Waals surface area contributed by atoms with Crippen LogP contribution in [0.15, 0.2) is 36.4 Å². The molecule has 17 heavy (non-hydrogen) atoms. The van der Waals surface area contributed by atoms with Gasteiger partial charge in [0.25, 0.3) is 0 Å². The van der Waals surface area contributed by atoms with Crippen molar-refractivity contribution in [1.82, 2.24) is 9.78 Å². The third-order valence-electron chi connectivity index (χ3n) is 2.78. The first-order chi connectivity index (χ1) is 8.09. The number of nitrogens with zero attached hydrogens (tertiary/aromatic N) is 2. The largest absolute Gasteiger partial charge is 0.481 e. The third kappa shape index (κ3) is 2.20. The monoisotopic (exact) mass is 230 g/mol. The lowest BCUT2D eigenvalue weighted by Gasteiger charge is -1.99. The summed E-state index contributed by atoms with van der Waals surface area (Å²) in [5.74, 6) is -1.44. The van der Waals surface area contributed by atoms with E-state index in [0.29, 0.717) is 5.69 Å². The van der Waals surface area contributed by atoms with Gasteiger partial charge < -0.3 is 5.11 Å². The van der Waals surface area contributed by atoms with Crippen molar-refractivity contribution < 1.29 is 9.90 Å². The van der Waals surface area contributed by atoms with Crippen molar-refractivity contribution in [2.45, 2.75) is 12.8 Å². The van der Waals surface area contributed by atoms with E-state index in [9.17, 15) is 4.79 Å². The molecule has 0 aliphatic heterocycles. The Balaban J connectivity index is 2.41. The van der Waals surface area contributed by atoms with Crippen LogP contribution in [0.2, 0.25) is 0 Å². The normalized spacial score (nSPS) is 12.4. The zero-order valence-electron chi connectivity index (χ0n) is 9.79. The maximum atomic E-state index is 10.9. The first-order valence-corrected chi connectivity index (χ1v) is 5.41. The number of carboxylic acid groups (broad SMARTS) is 1. The molecule has 2 aromatic rings. The molecule has 88 valence electrons. The predicted molar refractivity (Wildman–Crippen MR) is 64.7 cm³/mol. The van der Waals surface area contributed by atoms with Gasteiger partial charge in [0.1, 0.15) is 0 Å². The summed E-state index contributed by atoms with van der Waals surface area (Å²) >= 11 is 0. The van der Waals surface area contributed by atoms with E-state index in [4.69, 9.17) is 5.11 Å². The Morgan fingerprint density at radius 1 is 1.35 bits per heavy atom. The Labute approximate surface area is 99.5 Å². The topological polar surface area (TPSA) is 55.1 Å². The first kappa shape index (κ1) is 11.4. The van der Waals surface area contributed by atoms with Gasteiger partial charge in [-0.1, -0.05) is 30.3 Å². The maximum Gasteiger partial charge on any atom is 0.312 e. The standard InChI is InChI=1S/C13H14N2O2/c1-9(13(16)17)11-8-12(15(2)14-11)10-6-4-3-5-7-10/h3-9H,1-2H3,(H,16,17). The van der Waals surface area contributed by atoms with Crippen LogP contribution < -0.4 is 0 Å². The molecule has 0 fully saturated rings. The van der Waals surface area contributed by atoms with E-state index in [1.807, 2.05) is 43.4 Å². The fourth-order valence-electron chi connectivity index (χ4n) is 1.71. The quantitative estimate of drug-likeness (QED) is 0.880. The second kappa shape index (κ2) is 4.41. The van der Waals surface area contributed by atoms with Crippen molar-refractivity contribution in [3.8, 4) is 11.3 Å². The number of hydrogen-bond acceptors (Lipinski definition) is 2. The molecule has 1 aromatic heterocycles. The van der Waals surface area contributed by atoms with Gasteiger partial charge in [0.05, 0.1) is 17.3 Å². The van der Waals surface area contributed by atoms with Crippen molar-refractivity contribution in [3.05, 3.63) is 42.1 Å². The average molecular weight is 230 g/mol. The molecule has 4 nitrogen and oxygen atoms in total. The summed E-state index contributed by atoms with van der Waals surface area (Å²) in [4.78, 5) is 10.9. The third-order valence-corrected chi connectivity index (χ3v) is 2.78. The van der Waals surface area contributed by atoms with Crippen LogP contribution >= 0.6 is 0 Å². The molecule has 1 N–H and O–H groups in total. The minimum atomic E-state index is -0.859. The highest BCUT2D eigenvalue weighted by Gasteiger charge is 2.18. The highest BCUT2D eigenvalue weighted by molar-refractivity contribution is 5.75. The summed E-state index contributed by atoms with van der Waals surface area (Å²) in [6.07, 6.45) is 0. The van der Waals surface area contributed by atoms with Crippen molar-refractivity contribution >= 4 is 5.97 Å². The number of aromatic nitrogens is 2. The van der Waals surface area contributed by atoms with Crippen LogP contribution in [0.5, 0.6) is 0 Å². The second-order valence-corrected chi connectivity index (χ2v) is 4.00. The van der Waals surface area contributed by atoms with Crippen molar-refractivity contribution in [2.75, 3.05) is 0 Å². The Hall–Kier alpha value is -2.10. The minimum Gasteiger partial charge on any atom is -0.481 e. The molecule has 0 saturated heterocycles. The molecule has 0 radical (unpaired) electrons. The van der Waals surface area contributed by atoms with Crippen LogP contribution in [0, 0.1) is 0 Å². The van der Waals surface area contributed by atoms with Crippen molar-refractivity contribution in [3.63, 3.8) is 0 Å². The zero-order chi connectivity index (χ0) is 12.4. The van der Waals surface area contributed by atoms with Crippen LogP contribution in [0.3, 0.4) is 0 Å². The summed E-state index contributed by atoms with van der Waals surface area (Å²) in [5, 5.41) is 13.2.